The molecule has 0 saturated carbocycles. The largest absolute Gasteiger partial charge is 0.469 e. The second-order valence-electron chi connectivity index (χ2n) is 6.66. The minimum Gasteiger partial charge on any atom is -0.469 e. The van der Waals surface area contributed by atoms with E-state index in [1.165, 1.54) is 7.11 Å². The average Bonchev–Trinajstić information content (AvgIpc) is 2.73. The summed E-state index contributed by atoms with van der Waals surface area (Å²) in [5.74, 6) is -0.110. The molecule has 1 aliphatic rings. The summed E-state index contributed by atoms with van der Waals surface area (Å²) in [6.07, 6.45) is 0.502. The first kappa shape index (κ1) is 15.7. The molecule has 0 atom stereocenters. The fourth-order valence-corrected chi connectivity index (χ4v) is 4.27. The number of carbonyl (C=O) groups is 1. The molecule has 4 nitrogen and oxygen atoms in total. The Morgan fingerprint density at radius 1 is 1.28 bits per heavy atom. The lowest BCUT2D eigenvalue weighted by molar-refractivity contribution is -0.140. The summed E-state index contributed by atoms with van der Waals surface area (Å²) in [5, 5.41) is 0.380. The van der Waals surface area contributed by atoms with E-state index in [4.69, 9.17) is 0 Å². The normalized spacial score (nSPS) is 19.2. The van der Waals surface area contributed by atoms with Crippen LogP contribution < -0.4 is 0 Å². The highest BCUT2D eigenvalue weighted by molar-refractivity contribution is 6.77. The third kappa shape index (κ3) is 3.55. The molecule has 1 aliphatic heterocycles. The van der Waals surface area contributed by atoms with Crippen molar-refractivity contribution in [3.8, 4) is 0 Å². The molecule has 0 aliphatic carbocycles. The van der Waals surface area contributed by atoms with E-state index >= 15 is 0 Å². The molecule has 0 spiro atoms. The Hall–Kier alpha value is -0.393. The number of esters is 1. The van der Waals surface area contributed by atoms with Gasteiger partial charge in [-0.1, -0.05) is 33.9 Å². The molecule has 0 aromatic rings. The van der Waals surface area contributed by atoms with Crippen LogP contribution in [0.1, 0.15) is 27.2 Å². The highest BCUT2D eigenvalue weighted by Gasteiger charge is 2.43. The molecule has 106 valence electrons. The summed E-state index contributed by atoms with van der Waals surface area (Å²) < 4.78 is 7.33. The molecule has 0 amide bonds. The van der Waals surface area contributed by atoms with Gasteiger partial charge in [0, 0.05) is 26.3 Å². The zero-order valence-electron chi connectivity index (χ0n) is 12.7. The van der Waals surface area contributed by atoms with Crippen molar-refractivity contribution >= 4 is 14.2 Å². The van der Waals surface area contributed by atoms with Crippen molar-refractivity contribution < 1.29 is 9.53 Å². The van der Waals surface area contributed by atoms with Gasteiger partial charge in [-0.15, -0.1) is 0 Å². The molecule has 0 radical (unpaired) electrons. The number of methoxy groups -OCH3 is 1. The van der Waals surface area contributed by atoms with Gasteiger partial charge in [0.15, 0.2) is 0 Å². The van der Waals surface area contributed by atoms with Gasteiger partial charge in [-0.25, -0.2) is 0 Å². The first-order chi connectivity index (χ1) is 8.18. The van der Waals surface area contributed by atoms with Gasteiger partial charge in [-0.3, -0.25) is 9.69 Å². The van der Waals surface area contributed by atoms with Crippen molar-refractivity contribution in [2.75, 3.05) is 33.4 Å². The fourth-order valence-electron chi connectivity index (χ4n) is 2.11. The van der Waals surface area contributed by atoms with Crippen molar-refractivity contribution in [1.29, 1.82) is 0 Å². The lowest BCUT2D eigenvalue weighted by Crippen LogP contribution is -2.54. The quantitative estimate of drug-likeness (QED) is 0.580. The summed E-state index contributed by atoms with van der Waals surface area (Å²) in [6.45, 7) is 15.9. The zero-order valence-corrected chi connectivity index (χ0v) is 13.7. The van der Waals surface area contributed by atoms with E-state index in [1.807, 2.05) is 0 Å². The topological polar surface area (TPSA) is 32.8 Å². The van der Waals surface area contributed by atoms with Crippen LogP contribution in [0, 0.1) is 0 Å². The number of hydrogen-bond donors (Lipinski definition) is 0. The standard InChI is InChI=1S/C13H28N2O2Si/c1-13(2,3)18(5,6)15-10-9-14(11-15)8-7-12(16)17-4/h7-11H2,1-6H3. The number of rotatable bonds is 4. The van der Waals surface area contributed by atoms with E-state index < -0.39 is 8.24 Å². The van der Waals surface area contributed by atoms with Gasteiger partial charge >= 0.3 is 5.97 Å². The third-order valence-corrected chi connectivity index (χ3v) is 10.2. The van der Waals surface area contributed by atoms with Gasteiger partial charge in [0.1, 0.15) is 8.24 Å². The third-order valence-electron chi connectivity index (χ3n) is 4.54. The predicted octanol–water partition coefficient (Wildman–Crippen LogP) is 2.13. The SMILES string of the molecule is COC(=O)CCN1CCN([Si](C)(C)C(C)(C)C)C1. The van der Waals surface area contributed by atoms with Crippen LogP contribution in [-0.4, -0.2) is 57.1 Å². The van der Waals surface area contributed by atoms with Gasteiger partial charge in [-0.2, -0.15) is 0 Å². The highest BCUT2D eigenvalue weighted by atomic mass is 28.3. The maximum absolute atomic E-state index is 11.2. The average molecular weight is 272 g/mol. The van der Waals surface area contributed by atoms with Crippen molar-refractivity contribution in [2.45, 2.75) is 45.3 Å². The first-order valence-corrected chi connectivity index (χ1v) is 9.67. The fraction of sp³-hybridized carbons (Fsp3) is 0.923. The molecule has 0 bridgehead atoms. The monoisotopic (exact) mass is 272 g/mol. The summed E-state index contributed by atoms with van der Waals surface area (Å²) in [6, 6.07) is 0. The van der Waals surface area contributed by atoms with E-state index in [-0.39, 0.29) is 5.97 Å². The Kier molecular flexibility index (Phi) is 4.97. The molecule has 0 aromatic carbocycles. The Morgan fingerprint density at radius 3 is 2.39 bits per heavy atom. The second-order valence-corrected chi connectivity index (χ2v) is 11.9. The van der Waals surface area contributed by atoms with E-state index in [0.29, 0.717) is 11.5 Å². The zero-order chi connectivity index (χ0) is 14.0. The van der Waals surface area contributed by atoms with Crippen LogP contribution in [0.25, 0.3) is 0 Å². The minimum absolute atomic E-state index is 0.110. The Bertz CT molecular complexity index is 300. The molecule has 0 N–H and O–H groups in total. The second kappa shape index (κ2) is 5.71. The summed E-state index contributed by atoms with van der Waals surface area (Å²) in [5.41, 5.74) is 0. The Labute approximate surface area is 112 Å². The van der Waals surface area contributed by atoms with Crippen LogP contribution in [0.2, 0.25) is 18.1 Å². The van der Waals surface area contributed by atoms with Gasteiger partial charge in [-0.05, 0) is 5.04 Å². The number of ether oxygens (including phenoxy) is 1. The molecule has 18 heavy (non-hydrogen) atoms. The maximum atomic E-state index is 11.2. The molecule has 0 aromatic heterocycles. The van der Waals surface area contributed by atoms with Crippen molar-refractivity contribution in [2.24, 2.45) is 0 Å². The summed E-state index contributed by atoms with van der Waals surface area (Å²) >= 11 is 0. The minimum atomic E-state index is -1.40. The lowest BCUT2D eigenvalue weighted by Gasteiger charge is -2.43. The van der Waals surface area contributed by atoms with E-state index in [1.54, 1.807) is 0 Å². The molecule has 1 heterocycles. The smallest absolute Gasteiger partial charge is 0.306 e. The van der Waals surface area contributed by atoms with Crippen molar-refractivity contribution in [3.05, 3.63) is 0 Å². The van der Waals surface area contributed by atoms with Crippen LogP contribution in [0.15, 0.2) is 0 Å². The van der Waals surface area contributed by atoms with E-state index in [2.05, 4.69) is 48.1 Å². The molecule has 0 unspecified atom stereocenters. The highest BCUT2D eigenvalue weighted by Crippen LogP contribution is 2.39. The van der Waals surface area contributed by atoms with Gasteiger partial charge in [0.05, 0.1) is 13.5 Å². The lowest BCUT2D eigenvalue weighted by atomic mass is 10.2. The van der Waals surface area contributed by atoms with E-state index in [0.717, 1.165) is 26.3 Å². The first-order valence-electron chi connectivity index (χ1n) is 6.72. The number of carbonyl (C=O) groups excluding carboxylic acids is 1. The van der Waals surface area contributed by atoms with Crippen LogP contribution in [0.3, 0.4) is 0 Å². The molecule has 1 rings (SSSR count). The van der Waals surface area contributed by atoms with Gasteiger partial charge in [0.2, 0.25) is 0 Å². The number of nitrogens with zero attached hydrogens (tertiary/aromatic N) is 2. The molecule has 5 heteroatoms. The summed E-state index contributed by atoms with van der Waals surface area (Å²) in [7, 11) is 0.0500. The molecule has 1 saturated heterocycles. The van der Waals surface area contributed by atoms with Crippen molar-refractivity contribution in [3.63, 3.8) is 0 Å². The van der Waals surface area contributed by atoms with Crippen LogP contribution in [0.4, 0.5) is 0 Å². The van der Waals surface area contributed by atoms with Crippen LogP contribution in [0.5, 0.6) is 0 Å². The van der Waals surface area contributed by atoms with Crippen LogP contribution in [-0.2, 0) is 9.53 Å². The Morgan fingerprint density at radius 2 is 1.89 bits per heavy atom. The summed E-state index contributed by atoms with van der Waals surface area (Å²) in [4.78, 5) is 13.5. The van der Waals surface area contributed by atoms with Crippen LogP contribution >= 0.6 is 0 Å². The number of hydrogen-bond acceptors (Lipinski definition) is 4. The molecular weight excluding hydrogens is 244 g/mol. The predicted molar refractivity (Wildman–Crippen MR) is 77.0 cm³/mol. The van der Waals surface area contributed by atoms with E-state index in [9.17, 15) is 4.79 Å². The Balaban J connectivity index is 2.49. The molecule has 1 fully saturated rings. The van der Waals surface area contributed by atoms with Crippen molar-refractivity contribution in [1.82, 2.24) is 9.47 Å². The maximum Gasteiger partial charge on any atom is 0.306 e. The molecular formula is C13H28N2O2Si. The van der Waals surface area contributed by atoms with Gasteiger partial charge < -0.3 is 9.30 Å². The van der Waals surface area contributed by atoms with Gasteiger partial charge in [0.25, 0.3) is 0 Å².